The van der Waals surface area contributed by atoms with Gasteiger partial charge in [0.2, 0.25) is 0 Å². The molecule has 0 unspecified atom stereocenters. The SMILES string of the molecule is CC.CC(C)CCCOCCOCCN1CCC(NS)CC1. The first kappa shape index (κ1) is 22.2. The number of ether oxygens (including phenoxy) is 2. The van der Waals surface area contributed by atoms with E-state index in [0.717, 1.165) is 58.4 Å². The van der Waals surface area contributed by atoms with Crippen LogP contribution in [-0.2, 0) is 9.47 Å². The zero-order chi connectivity index (χ0) is 16.6. The summed E-state index contributed by atoms with van der Waals surface area (Å²) in [4.78, 5) is 2.46. The molecule has 0 atom stereocenters. The van der Waals surface area contributed by atoms with Crippen LogP contribution < -0.4 is 4.72 Å². The summed E-state index contributed by atoms with van der Waals surface area (Å²) in [6.45, 7) is 14.9. The van der Waals surface area contributed by atoms with Crippen LogP contribution in [0.5, 0.6) is 0 Å². The van der Waals surface area contributed by atoms with Crippen LogP contribution >= 0.6 is 12.8 Å². The zero-order valence-electron chi connectivity index (χ0n) is 15.1. The third-order valence-electron chi connectivity index (χ3n) is 3.76. The molecule has 0 bridgehead atoms. The van der Waals surface area contributed by atoms with Crippen LogP contribution in [0.2, 0.25) is 0 Å². The Morgan fingerprint density at radius 1 is 1.05 bits per heavy atom. The van der Waals surface area contributed by atoms with Gasteiger partial charge in [-0.05, 0) is 44.7 Å². The van der Waals surface area contributed by atoms with Crippen molar-refractivity contribution in [1.82, 2.24) is 9.62 Å². The molecule has 0 spiro atoms. The highest BCUT2D eigenvalue weighted by molar-refractivity contribution is 7.78. The Morgan fingerprint density at radius 2 is 1.64 bits per heavy atom. The van der Waals surface area contributed by atoms with Gasteiger partial charge in [0.15, 0.2) is 0 Å². The summed E-state index contributed by atoms with van der Waals surface area (Å²) >= 11 is 4.13. The molecule has 0 aromatic carbocycles. The molecule has 0 aliphatic carbocycles. The van der Waals surface area contributed by atoms with Gasteiger partial charge in [0, 0.05) is 19.2 Å². The second kappa shape index (κ2) is 16.1. The molecule has 0 amide bonds. The maximum absolute atomic E-state index is 5.62. The molecule has 0 aromatic heterocycles. The van der Waals surface area contributed by atoms with Gasteiger partial charge < -0.3 is 14.4 Å². The molecule has 1 rings (SSSR count). The van der Waals surface area contributed by atoms with Crippen LogP contribution in [0.1, 0.15) is 53.4 Å². The van der Waals surface area contributed by atoms with E-state index in [4.69, 9.17) is 9.47 Å². The number of rotatable bonds is 11. The Hall–Kier alpha value is 0.190. The standard InChI is InChI=1S/C15H32N2O2S.C2H6/c1-14(2)4-3-10-18-12-13-19-11-9-17-7-5-15(16-20)6-8-17;1-2/h14-16,20H,3-13H2,1-2H3;1-2H3. The van der Waals surface area contributed by atoms with Crippen LogP contribution in [0.4, 0.5) is 0 Å². The molecule has 1 aliphatic heterocycles. The molecule has 0 radical (unpaired) electrons. The monoisotopic (exact) mass is 334 g/mol. The van der Waals surface area contributed by atoms with E-state index in [1.807, 2.05) is 13.8 Å². The number of thiol groups is 1. The van der Waals surface area contributed by atoms with Gasteiger partial charge in [0.25, 0.3) is 0 Å². The van der Waals surface area contributed by atoms with Gasteiger partial charge in [-0.3, -0.25) is 4.72 Å². The van der Waals surface area contributed by atoms with Crippen LogP contribution in [0, 0.1) is 5.92 Å². The second-order valence-electron chi connectivity index (χ2n) is 6.01. The largest absolute Gasteiger partial charge is 0.379 e. The number of hydrogen-bond donors (Lipinski definition) is 2. The lowest BCUT2D eigenvalue weighted by Crippen LogP contribution is -2.41. The maximum Gasteiger partial charge on any atom is 0.0701 e. The Bertz CT molecular complexity index is 223. The van der Waals surface area contributed by atoms with Gasteiger partial charge >= 0.3 is 0 Å². The molecule has 1 saturated heterocycles. The van der Waals surface area contributed by atoms with E-state index in [1.54, 1.807) is 0 Å². The first-order valence-electron chi connectivity index (χ1n) is 9.00. The molecule has 1 heterocycles. The van der Waals surface area contributed by atoms with E-state index in [-0.39, 0.29) is 0 Å². The van der Waals surface area contributed by atoms with E-state index >= 15 is 0 Å². The molecular formula is C17H38N2O2S. The zero-order valence-corrected chi connectivity index (χ0v) is 16.0. The van der Waals surface area contributed by atoms with Crippen LogP contribution in [0.15, 0.2) is 0 Å². The first-order chi connectivity index (χ1) is 10.7. The topological polar surface area (TPSA) is 33.7 Å². The number of nitrogens with one attached hydrogen (secondary N) is 1. The lowest BCUT2D eigenvalue weighted by molar-refractivity contribution is 0.0343. The summed E-state index contributed by atoms with van der Waals surface area (Å²) in [6, 6.07) is 0.578. The van der Waals surface area contributed by atoms with Gasteiger partial charge in [-0.2, -0.15) is 0 Å². The smallest absolute Gasteiger partial charge is 0.0701 e. The van der Waals surface area contributed by atoms with E-state index in [0.29, 0.717) is 6.04 Å². The van der Waals surface area contributed by atoms with Gasteiger partial charge in [0.1, 0.15) is 0 Å². The molecule has 1 aliphatic rings. The Morgan fingerprint density at radius 3 is 2.18 bits per heavy atom. The van der Waals surface area contributed by atoms with Gasteiger partial charge in [-0.25, -0.2) is 0 Å². The molecule has 1 N–H and O–H groups in total. The third-order valence-corrected chi connectivity index (χ3v) is 4.13. The fraction of sp³-hybridized carbons (Fsp3) is 1.00. The fourth-order valence-electron chi connectivity index (χ4n) is 2.39. The van der Waals surface area contributed by atoms with E-state index < -0.39 is 0 Å². The van der Waals surface area contributed by atoms with E-state index in [1.165, 1.54) is 19.3 Å². The number of piperidine rings is 1. The average Bonchev–Trinajstić information content (AvgIpc) is 2.55. The summed E-state index contributed by atoms with van der Waals surface area (Å²) in [5, 5.41) is 0. The molecule has 0 saturated carbocycles. The summed E-state index contributed by atoms with van der Waals surface area (Å²) in [7, 11) is 0. The van der Waals surface area contributed by atoms with Crippen molar-refractivity contribution in [2.75, 3.05) is 46.1 Å². The fourth-order valence-corrected chi connectivity index (χ4v) is 2.65. The van der Waals surface area contributed by atoms with E-state index in [9.17, 15) is 0 Å². The predicted molar refractivity (Wildman–Crippen MR) is 98.6 cm³/mol. The maximum atomic E-state index is 5.62. The molecule has 1 fully saturated rings. The highest BCUT2D eigenvalue weighted by Crippen LogP contribution is 2.10. The Kier molecular flexibility index (Phi) is 16.2. The van der Waals surface area contributed by atoms with Crippen molar-refractivity contribution in [3.63, 3.8) is 0 Å². The molecule has 22 heavy (non-hydrogen) atoms. The quantitative estimate of drug-likeness (QED) is 0.448. The second-order valence-corrected chi connectivity index (χ2v) is 6.26. The van der Waals surface area contributed by atoms with Gasteiger partial charge in [0.05, 0.1) is 19.8 Å². The molecule has 5 heteroatoms. The van der Waals surface area contributed by atoms with Crippen molar-refractivity contribution in [2.45, 2.75) is 59.4 Å². The molecule has 4 nitrogen and oxygen atoms in total. The summed E-state index contributed by atoms with van der Waals surface area (Å²) < 4.78 is 14.2. The molecular weight excluding hydrogens is 296 g/mol. The molecule has 134 valence electrons. The molecule has 0 aromatic rings. The van der Waals surface area contributed by atoms with E-state index in [2.05, 4.69) is 36.3 Å². The summed E-state index contributed by atoms with van der Waals surface area (Å²) in [5.41, 5.74) is 0. The van der Waals surface area contributed by atoms with Crippen molar-refractivity contribution in [2.24, 2.45) is 5.92 Å². The normalized spacial score (nSPS) is 16.6. The number of hydrogen-bond acceptors (Lipinski definition) is 5. The lowest BCUT2D eigenvalue weighted by Gasteiger charge is -2.31. The Labute approximate surface area is 143 Å². The van der Waals surface area contributed by atoms with Gasteiger partial charge in [-0.15, -0.1) is 0 Å². The number of nitrogens with zero attached hydrogens (tertiary/aromatic N) is 1. The Balaban J connectivity index is 0.00000211. The van der Waals surface area contributed by atoms with Crippen LogP contribution in [-0.4, -0.2) is 57.0 Å². The third kappa shape index (κ3) is 12.7. The van der Waals surface area contributed by atoms with Crippen molar-refractivity contribution < 1.29 is 9.47 Å². The lowest BCUT2D eigenvalue weighted by atomic mass is 10.1. The average molecular weight is 335 g/mol. The predicted octanol–water partition coefficient (Wildman–Crippen LogP) is 3.38. The van der Waals surface area contributed by atoms with Crippen molar-refractivity contribution in [3.05, 3.63) is 0 Å². The van der Waals surface area contributed by atoms with Crippen molar-refractivity contribution >= 4 is 12.8 Å². The van der Waals surface area contributed by atoms with Crippen LogP contribution in [0.3, 0.4) is 0 Å². The minimum Gasteiger partial charge on any atom is -0.379 e. The number of likely N-dealkylation sites (tertiary alicyclic amines) is 1. The van der Waals surface area contributed by atoms with Crippen molar-refractivity contribution in [1.29, 1.82) is 0 Å². The highest BCUT2D eigenvalue weighted by Gasteiger charge is 2.17. The van der Waals surface area contributed by atoms with Crippen molar-refractivity contribution in [3.8, 4) is 0 Å². The highest BCUT2D eigenvalue weighted by atomic mass is 32.1. The minimum atomic E-state index is 0.578. The minimum absolute atomic E-state index is 0.578. The summed E-state index contributed by atoms with van der Waals surface area (Å²) in [6.07, 6.45) is 4.77. The summed E-state index contributed by atoms with van der Waals surface area (Å²) in [5.74, 6) is 0.775. The van der Waals surface area contributed by atoms with Gasteiger partial charge in [-0.1, -0.05) is 40.5 Å². The van der Waals surface area contributed by atoms with Crippen LogP contribution in [0.25, 0.3) is 0 Å². The first-order valence-corrected chi connectivity index (χ1v) is 9.44.